The van der Waals surface area contributed by atoms with Gasteiger partial charge in [-0.3, -0.25) is 9.69 Å². The van der Waals surface area contributed by atoms with Crippen LogP contribution in [0, 0.1) is 0 Å². The minimum atomic E-state index is -0.215. The molecule has 1 aliphatic rings. The summed E-state index contributed by atoms with van der Waals surface area (Å²) in [5, 5.41) is 0.630. The topological polar surface area (TPSA) is 23.6 Å². The number of thiocarbonyl (C=S) groups is 1. The van der Waals surface area contributed by atoms with Crippen LogP contribution in [0.15, 0.2) is 0 Å². The van der Waals surface area contributed by atoms with Gasteiger partial charge in [-0.1, -0.05) is 0 Å². The molecular weight excluding hydrogens is 184 g/mol. The van der Waals surface area contributed by atoms with Crippen molar-refractivity contribution < 1.29 is 4.79 Å². The zero-order valence-corrected chi connectivity index (χ0v) is 9.60. The first-order valence-electron chi connectivity index (χ1n) is 4.37. The molecule has 4 heteroatoms. The van der Waals surface area contributed by atoms with Gasteiger partial charge >= 0.3 is 0 Å². The predicted molar refractivity (Wildman–Crippen MR) is 56.4 cm³/mol. The van der Waals surface area contributed by atoms with Crippen molar-refractivity contribution in [1.29, 1.82) is 0 Å². The maximum atomic E-state index is 11.8. The van der Waals surface area contributed by atoms with Crippen molar-refractivity contribution in [3.05, 3.63) is 0 Å². The Morgan fingerprint density at radius 1 is 1.38 bits per heavy atom. The molecule has 0 bridgehead atoms. The highest BCUT2D eigenvalue weighted by atomic mass is 32.1. The molecule has 1 amide bonds. The summed E-state index contributed by atoms with van der Waals surface area (Å²) in [4.78, 5) is 15.3. The summed E-state index contributed by atoms with van der Waals surface area (Å²) in [7, 11) is 1.86. The molecule has 1 rings (SSSR count). The quantitative estimate of drug-likeness (QED) is 0.550. The molecule has 0 aromatic heterocycles. The highest BCUT2D eigenvalue weighted by molar-refractivity contribution is 7.80. The van der Waals surface area contributed by atoms with E-state index in [1.165, 1.54) is 0 Å². The Labute approximate surface area is 84.7 Å². The van der Waals surface area contributed by atoms with Crippen molar-refractivity contribution in [3.63, 3.8) is 0 Å². The van der Waals surface area contributed by atoms with E-state index in [1.54, 1.807) is 4.90 Å². The van der Waals surface area contributed by atoms with E-state index in [1.807, 2.05) is 39.6 Å². The first kappa shape index (κ1) is 10.4. The highest BCUT2D eigenvalue weighted by Crippen LogP contribution is 2.24. The predicted octanol–water partition coefficient (Wildman–Crippen LogP) is 1.23. The van der Waals surface area contributed by atoms with Crippen molar-refractivity contribution in [2.24, 2.45) is 0 Å². The van der Waals surface area contributed by atoms with Crippen LogP contribution in [0.4, 0.5) is 0 Å². The molecule has 0 N–H and O–H groups in total. The Hall–Kier alpha value is -0.640. The molecule has 13 heavy (non-hydrogen) atoms. The minimum absolute atomic E-state index is 0.0972. The van der Waals surface area contributed by atoms with Crippen molar-refractivity contribution in [2.45, 2.75) is 39.3 Å². The van der Waals surface area contributed by atoms with Gasteiger partial charge in [0, 0.05) is 12.6 Å². The summed E-state index contributed by atoms with van der Waals surface area (Å²) in [5.74, 6) is 0.0972. The molecular formula is C9H16N2OS. The van der Waals surface area contributed by atoms with Crippen LogP contribution in [0.3, 0.4) is 0 Å². The molecule has 1 saturated heterocycles. The van der Waals surface area contributed by atoms with Gasteiger partial charge in [-0.15, -0.1) is 0 Å². The third kappa shape index (κ3) is 1.55. The fraction of sp³-hybridized carbons (Fsp3) is 0.778. The third-order valence-corrected chi connectivity index (χ3v) is 2.79. The lowest BCUT2D eigenvalue weighted by Gasteiger charge is -2.31. The Balaban J connectivity index is 3.02. The van der Waals surface area contributed by atoms with Crippen LogP contribution in [0.25, 0.3) is 0 Å². The zero-order chi connectivity index (χ0) is 10.4. The lowest BCUT2D eigenvalue weighted by atomic mass is 10.1. The Morgan fingerprint density at radius 2 is 1.85 bits per heavy atom. The molecule has 0 spiro atoms. The number of hydrogen-bond acceptors (Lipinski definition) is 2. The second-order valence-corrected chi connectivity index (χ2v) is 4.78. The molecule has 1 atom stereocenters. The highest BCUT2D eigenvalue weighted by Gasteiger charge is 2.42. The molecule has 74 valence electrons. The van der Waals surface area contributed by atoms with Gasteiger partial charge in [0.15, 0.2) is 5.11 Å². The molecule has 0 radical (unpaired) electrons. The number of nitrogens with zero attached hydrogens (tertiary/aromatic N) is 2. The number of carbonyl (C=O) groups excluding carboxylic acids is 1. The van der Waals surface area contributed by atoms with Crippen LogP contribution in [-0.4, -0.2) is 39.4 Å². The van der Waals surface area contributed by atoms with Crippen LogP contribution in [0.2, 0.25) is 0 Å². The van der Waals surface area contributed by atoms with E-state index in [-0.39, 0.29) is 17.5 Å². The standard InChI is InChI=1S/C9H16N2OS/c1-6-7(12)11(9(2,3)4)8(13)10(6)5/h6H,1-5H3. The lowest BCUT2D eigenvalue weighted by Crippen LogP contribution is -2.46. The third-order valence-electron chi connectivity index (χ3n) is 2.32. The molecule has 1 aliphatic heterocycles. The van der Waals surface area contributed by atoms with E-state index in [4.69, 9.17) is 12.2 Å². The van der Waals surface area contributed by atoms with Gasteiger partial charge in [-0.05, 0) is 39.9 Å². The van der Waals surface area contributed by atoms with E-state index < -0.39 is 0 Å². The van der Waals surface area contributed by atoms with Gasteiger partial charge in [0.05, 0.1) is 0 Å². The maximum absolute atomic E-state index is 11.8. The van der Waals surface area contributed by atoms with Crippen LogP contribution in [-0.2, 0) is 4.79 Å². The van der Waals surface area contributed by atoms with Gasteiger partial charge < -0.3 is 4.90 Å². The summed E-state index contributed by atoms with van der Waals surface area (Å²) in [6, 6.07) is -0.119. The summed E-state index contributed by atoms with van der Waals surface area (Å²) in [6.45, 7) is 7.84. The van der Waals surface area contributed by atoms with E-state index in [9.17, 15) is 4.79 Å². The lowest BCUT2D eigenvalue weighted by molar-refractivity contribution is -0.130. The monoisotopic (exact) mass is 200 g/mol. The second kappa shape index (κ2) is 2.94. The Bertz CT molecular complexity index is 237. The summed E-state index contributed by atoms with van der Waals surface area (Å²) in [6.07, 6.45) is 0. The molecule has 3 nitrogen and oxygen atoms in total. The van der Waals surface area contributed by atoms with Crippen molar-refractivity contribution >= 4 is 23.2 Å². The molecule has 0 aliphatic carbocycles. The van der Waals surface area contributed by atoms with E-state index >= 15 is 0 Å². The molecule has 0 aromatic carbocycles. The van der Waals surface area contributed by atoms with Gasteiger partial charge in [-0.25, -0.2) is 0 Å². The van der Waals surface area contributed by atoms with Crippen molar-refractivity contribution in [1.82, 2.24) is 9.80 Å². The van der Waals surface area contributed by atoms with E-state index in [0.717, 1.165) is 0 Å². The number of likely N-dealkylation sites (N-methyl/N-ethyl adjacent to an activating group) is 1. The number of hydrogen-bond donors (Lipinski definition) is 0. The first-order valence-corrected chi connectivity index (χ1v) is 4.78. The van der Waals surface area contributed by atoms with Crippen LogP contribution in [0.1, 0.15) is 27.7 Å². The number of amides is 1. The number of rotatable bonds is 0. The number of carbonyl (C=O) groups is 1. The van der Waals surface area contributed by atoms with E-state index in [0.29, 0.717) is 5.11 Å². The fourth-order valence-electron chi connectivity index (χ4n) is 1.39. The average molecular weight is 200 g/mol. The Morgan fingerprint density at radius 3 is 2.00 bits per heavy atom. The first-order chi connectivity index (χ1) is 5.76. The SMILES string of the molecule is CC1C(=O)N(C(C)(C)C)C(=S)N1C. The molecule has 1 fully saturated rings. The van der Waals surface area contributed by atoms with Crippen LogP contribution < -0.4 is 0 Å². The minimum Gasteiger partial charge on any atom is -0.340 e. The largest absolute Gasteiger partial charge is 0.340 e. The van der Waals surface area contributed by atoms with Gasteiger partial charge in [0.1, 0.15) is 6.04 Å². The molecule has 0 aromatic rings. The molecule has 1 unspecified atom stereocenters. The van der Waals surface area contributed by atoms with Gasteiger partial charge in [-0.2, -0.15) is 0 Å². The van der Waals surface area contributed by atoms with E-state index in [2.05, 4.69) is 0 Å². The summed E-state index contributed by atoms with van der Waals surface area (Å²) in [5.41, 5.74) is -0.215. The summed E-state index contributed by atoms with van der Waals surface area (Å²) < 4.78 is 0. The van der Waals surface area contributed by atoms with Crippen LogP contribution in [0.5, 0.6) is 0 Å². The molecule has 0 saturated carbocycles. The summed E-state index contributed by atoms with van der Waals surface area (Å²) >= 11 is 5.20. The van der Waals surface area contributed by atoms with Crippen molar-refractivity contribution in [2.75, 3.05) is 7.05 Å². The van der Waals surface area contributed by atoms with Gasteiger partial charge in [0.2, 0.25) is 0 Å². The normalized spacial score (nSPS) is 24.5. The maximum Gasteiger partial charge on any atom is 0.251 e. The average Bonchev–Trinajstić information content (AvgIpc) is 2.14. The zero-order valence-electron chi connectivity index (χ0n) is 8.79. The van der Waals surface area contributed by atoms with Crippen LogP contribution >= 0.6 is 12.2 Å². The van der Waals surface area contributed by atoms with Gasteiger partial charge in [0.25, 0.3) is 5.91 Å². The fourth-order valence-corrected chi connectivity index (χ4v) is 1.91. The van der Waals surface area contributed by atoms with Crippen molar-refractivity contribution in [3.8, 4) is 0 Å². The Kier molecular flexibility index (Phi) is 2.36. The second-order valence-electron chi connectivity index (χ2n) is 4.41. The molecule has 1 heterocycles. The smallest absolute Gasteiger partial charge is 0.251 e.